The van der Waals surface area contributed by atoms with Crippen LogP contribution in [0.3, 0.4) is 0 Å². The van der Waals surface area contributed by atoms with Crippen molar-refractivity contribution in [3.8, 4) is 11.4 Å². The molecule has 2 heterocycles. The van der Waals surface area contributed by atoms with Crippen LogP contribution in [-0.2, 0) is 6.54 Å². The van der Waals surface area contributed by atoms with Gasteiger partial charge in [-0.1, -0.05) is 35.9 Å². The van der Waals surface area contributed by atoms with E-state index in [-0.39, 0.29) is 5.82 Å². The Balaban J connectivity index is 1.34. The topological polar surface area (TPSA) is 46.8 Å². The molecule has 4 rings (SSSR count). The van der Waals surface area contributed by atoms with Gasteiger partial charge in [-0.3, -0.25) is 4.90 Å². The van der Waals surface area contributed by atoms with Crippen LogP contribution in [-0.4, -0.2) is 38.2 Å². The van der Waals surface area contributed by atoms with Crippen LogP contribution in [0.15, 0.2) is 48.5 Å². The Hall–Kier alpha value is -2.31. The summed E-state index contributed by atoms with van der Waals surface area (Å²) in [4.78, 5) is 4.08. The monoisotopic (exact) mass is 385 g/mol. The Bertz CT molecular complexity index is 895. The van der Waals surface area contributed by atoms with Crippen LogP contribution in [0.2, 0.25) is 5.02 Å². The van der Waals surface area contributed by atoms with Crippen molar-refractivity contribution >= 4 is 11.6 Å². The van der Waals surface area contributed by atoms with Crippen LogP contribution >= 0.6 is 11.6 Å². The zero-order valence-corrected chi connectivity index (χ0v) is 15.7. The molecule has 5 nitrogen and oxygen atoms in total. The van der Waals surface area contributed by atoms with E-state index in [0.29, 0.717) is 23.4 Å². The number of nitrogens with zero attached hydrogens (tertiary/aromatic N) is 5. The lowest BCUT2D eigenvalue weighted by Gasteiger charge is -2.24. The fraction of sp³-hybridized carbons (Fsp3) is 0.350. The molecule has 0 saturated carbocycles. The lowest BCUT2D eigenvalue weighted by molar-refractivity contribution is 0.245. The van der Waals surface area contributed by atoms with Crippen LogP contribution in [0, 0.1) is 5.82 Å². The van der Waals surface area contributed by atoms with E-state index in [4.69, 9.17) is 11.6 Å². The van der Waals surface area contributed by atoms with Gasteiger partial charge in [0.2, 0.25) is 5.82 Å². The van der Waals surface area contributed by atoms with Gasteiger partial charge in [0, 0.05) is 18.2 Å². The average Bonchev–Trinajstić information content (AvgIpc) is 3.33. The summed E-state index contributed by atoms with van der Waals surface area (Å²) in [6, 6.07) is 14.7. The summed E-state index contributed by atoms with van der Waals surface area (Å²) in [6.07, 6.45) is 3.21. The predicted molar refractivity (Wildman–Crippen MR) is 103 cm³/mol. The van der Waals surface area contributed by atoms with Crippen molar-refractivity contribution in [1.29, 1.82) is 0 Å². The Morgan fingerprint density at radius 2 is 1.89 bits per heavy atom. The molecule has 1 atom stereocenters. The van der Waals surface area contributed by atoms with Crippen LogP contribution in [0.5, 0.6) is 0 Å². The van der Waals surface area contributed by atoms with Gasteiger partial charge in [-0.15, -0.1) is 10.2 Å². The molecule has 0 bridgehead atoms. The summed E-state index contributed by atoms with van der Waals surface area (Å²) < 4.78 is 13.2. The molecule has 0 radical (unpaired) electrons. The molecule has 3 aromatic rings. The Kier molecular flexibility index (Phi) is 5.45. The maximum Gasteiger partial charge on any atom is 0.206 e. The molecule has 2 aromatic carbocycles. The van der Waals surface area contributed by atoms with Gasteiger partial charge in [0.25, 0.3) is 0 Å². The minimum Gasteiger partial charge on any atom is -0.296 e. The van der Waals surface area contributed by atoms with Crippen LogP contribution in [0.1, 0.15) is 30.9 Å². The van der Waals surface area contributed by atoms with Gasteiger partial charge >= 0.3 is 0 Å². The molecule has 0 aliphatic carbocycles. The average molecular weight is 386 g/mol. The summed E-state index contributed by atoms with van der Waals surface area (Å²) in [5.74, 6) is 0.362. The first-order valence-corrected chi connectivity index (χ1v) is 9.61. The second-order valence-corrected chi connectivity index (χ2v) is 7.20. The third-order valence-electron chi connectivity index (χ3n) is 4.99. The zero-order chi connectivity index (χ0) is 18.6. The molecule has 27 heavy (non-hydrogen) atoms. The van der Waals surface area contributed by atoms with Crippen LogP contribution < -0.4 is 0 Å². The lowest BCUT2D eigenvalue weighted by Crippen LogP contribution is -2.25. The predicted octanol–water partition coefficient (Wildman–Crippen LogP) is 4.36. The van der Waals surface area contributed by atoms with E-state index in [1.54, 1.807) is 16.9 Å². The standard InChI is InChI=1S/C20H21ClFN5/c21-18-6-2-1-5-17(18)20-23-25-27(24-20)14-4-13-26-12-3-7-19(26)15-8-10-16(22)11-9-15/h1-2,5-6,8-11,19H,3-4,7,12-14H2. The van der Waals surface area contributed by atoms with Gasteiger partial charge in [-0.05, 0) is 60.8 Å². The van der Waals surface area contributed by atoms with Crippen LogP contribution in [0.25, 0.3) is 11.4 Å². The number of likely N-dealkylation sites (tertiary alicyclic amines) is 1. The SMILES string of the molecule is Fc1ccc(C2CCCN2CCCn2nnc(-c3ccccc3Cl)n2)cc1. The molecule has 0 N–H and O–H groups in total. The minimum atomic E-state index is -0.185. The third-order valence-corrected chi connectivity index (χ3v) is 5.32. The maximum absolute atomic E-state index is 13.2. The fourth-order valence-electron chi connectivity index (χ4n) is 3.66. The van der Waals surface area contributed by atoms with E-state index < -0.39 is 0 Å². The molecule has 7 heteroatoms. The van der Waals surface area contributed by atoms with Crippen molar-refractivity contribution in [2.45, 2.75) is 31.8 Å². The van der Waals surface area contributed by atoms with Crippen molar-refractivity contribution < 1.29 is 4.39 Å². The summed E-state index contributed by atoms with van der Waals surface area (Å²) in [6.45, 7) is 2.72. The summed E-state index contributed by atoms with van der Waals surface area (Å²) in [5.41, 5.74) is 1.98. The summed E-state index contributed by atoms with van der Waals surface area (Å²) in [7, 11) is 0. The van der Waals surface area contributed by atoms with Gasteiger partial charge in [-0.25, -0.2) is 4.39 Å². The smallest absolute Gasteiger partial charge is 0.206 e. The largest absolute Gasteiger partial charge is 0.296 e. The Morgan fingerprint density at radius 3 is 2.70 bits per heavy atom. The minimum absolute atomic E-state index is 0.185. The van der Waals surface area contributed by atoms with Crippen LogP contribution in [0.4, 0.5) is 4.39 Å². The van der Waals surface area contributed by atoms with E-state index in [9.17, 15) is 4.39 Å². The highest BCUT2D eigenvalue weighted by Crippen LogP contribution is 2.32. The number of aryl methyl sites for hydroxylation is 1. The van der Waals surface area contributed by atoms with Crippen molar-refractivity contribution in [1.82, 2.24) is 25.1 Å². The first-order valence-electron chi connectivity index (χ1n) is 9.23. The summed E-state index contributed by atoms with van der Waals surface area (Å²) in [5, 5.41) is 13.3. The van der Waals surface area contributed by atoms with Crippen molar-refractivity contribution in [2.75, 3.05) is 13.1 Å². The Morgan fingerprint density at radius 1 is 1.07 bits per heavy atom. The lowest BCUT2D eigenvalue weighted by atomic mass is 10.0. The molecule has 1 aromatic heterocycles. The highest BCUT2D eigenvalue weighted by Gasteiger charge is 2.25. The molecule has 1 saturated heterocycles. The highest BCUT2D eigenvalue weighted by atomic mass is 35.5. The first-order chi connectivity index (χ1) is 13.2. The number of halogens is 2. The quantitative estimate of drug-likeness (QED) is 0.632. The molecule has 1 unspecified atom stereocenters. The Labute approximate surface area is 162 Å². The van der Waals surface area contributed by atoms with Crippen molar-refractivity contribution in [2.24, 2.45) is 0 Å². The highest BCUT2D eigenvalue weighted by molar-refractivity contribution is 6.33. The van der Waals surface area contributed by atoms with E-state index in [1.807, 2.05) is 36.4 Å². The van der Waals surface area contributed by atoms with E-state index in [0.717, 1.165) is 31.5 Å². The third kappa shape index (κ3) is 4.17. The van der Waals surface area contributed by atoms with E-state index >= 15 is 0 Å². The number of tetrazole rings is 1. The van der Waals surface area contributed by atoms with Gasteiger partial charge < -0.3 is 0 Å². The van der Waals surface area contributed by atoms with Gasteiger partial charge in [0.15, 0.2) is 0 Å². The second kappa shape index (κ2) is 8.15. The number of benzene rings is 2. The number of rotatable bonds is 6. The van der Waals surface area contributed by atoms with E-state index in [1.165, 1.54) is 12.0 Å². The maximum atomic E-state index is 13.2. The van der Waals surface area contributed by atoms with E-state index in [2.05, 4.69) is 20.3 Å². The van der Waals surface area contributed by atoms with Gasteiger partial charge in [0.1, 0.15) is 5.82 Å². The molecular formula is C20H21ClFN5. The number of aromatic nitrogens is 4. The molecule has 0 spiro atoms. The molecule has 1 aliphatic rings. The van der Waals surface area contributed by atoms with Crippen molar-refractivity contribution in [3.63, 3.8) is 0 Å². The first kappa shape index (κ1) is 18.1. The van der Waals surface area contributed by atoms with Gasteiger partial charge in [-0.2, -0.15) is 4.80 Å². The fourth-order valence-corrected chi connectivity index (χ4v) is 3.88. The zero-order valence-electron chi connectivity index (χ0n) is 14.9. The summed E-state index contributed by atoms with van der Waals surface area (Å²) >= 11 is 6.20. The molecule has 1 aliphatic heterocycles. The normalized spacial score (nSPS) is 17.5. The second-order valence-electron chi connectivity index (χ2n) is 6.79. The molecule has 0 amide bonds. The van der Waals surface area contributed by atoms with Gasteiger partial charge in [0.05, 0.1) is 11.6 Å². The molecule has 140 valence electrons. The number of hydrogen-bond acceptors (Lipinski definition) is 4. The van der Waals surface area contributed by atoms with Crippen molar-refractivity contribution in [3.05, 3.63) is 64.9 Å². The molecular weight excluding hydrogens is 365 g/mol. The molecule has 1 fully saturated rings. The number of hydrogen-bond donors (Lipinski definition) is 0.